The summed E-state index contributed by atoms with van der Waals surface area (Å²) in [5.41, 5.74) is 2.31. The van der Waals surface area contributed by atoms with Crippen molar-refractivity contribution in [2.45, 2.75) is 17.7 Å². The molecule has 0 fully saturated rings. The summed E-state index contributed by atoms with van der Waals surface area (Å²) in [6.45, 7) is 1.94. The third-order valence-corrected chi connectivity index (χ3v) is 4.67. The largest absolute Gasteiger partial charge is 0.304 e. The van der Waals surface area contributed by atoms with Crippen LogP contribution in [0.25, 0.3) is 5.65 Å². The highest BCUT2D eigenvalue weighted by molar-refractivity contribution is 7.84. The lowest BCUT2D eigenvalue weighted by Gasteiger charge is -1.99. The zero-order valence-corrected chi connectivity index (χ0v) is 13.4. The first-order valence-corrected chi connectivity index (χ1v) is 8.24. The van der Waals surface area contributed by atoms with Gasteiger partial charge in [0.15, 0.2) is 5.65 Å². The minimum Gasteiger partial charge on any atom is -0.304 e. The quantitative estimate of drug-likeness (QED) is 0.731. The standard InChI is InChI=1S/C14H11Cl2N3OS/c1-9-2-3-13(17-5-9)21(20)8-11-7-19-6-10(15)4-12(16)14(19)18-11/h2-7H,8H2,1H3. The Bertz CT molecular complexity index is 830. The average molecular weight is 340 g/mol. The van der Waals surface area contributed by atoms with Gasteiger partial charge in [0.05, 0.1) is 32.3 Å². The first-order chi connectivity index (χ1) is 10.0. The van der Waals surface area contributed by atoms with E-state index in [1.54, 1.807) is 35.1 Å². The van der Waals surface area contributed by atoms with Crippen LogP contribution in [-0.2, 0) is 16.6 Å². The summed E-state index contributed by atoms with van der Waals surface area (Å²) in [6.07, 6.45) is 5.19. The Morgan fingerprint density at radius 1 is 1.29 bits per heavy atom. The Morgan fingerprint density at radius 2 is 2.10 bits per heavy atom. The lowest BCUT2D eigenvalue weighted by atomic mass is 10.3. The van der Waals surface area contributed by atoms with E-state index >= 15 is 0 Å². The molecule has 0 spiro atoms. The molecule has 3 rings (SSSR count). The van der Waals surface area contributed by atoms with Crippen molar-refractivity contribution in [3.05, 3.63) is 58.1 Å². The predicted molar refractivity (Wildman–Crippen MR) is 84.3 cm³/mol. The first kappa shape index (κ1) is 14.5. The van der Waals surface area contributed by atoms with Crippen LogP contribution in [0.3, 0.4) is 0 Å². The van der Waals surface area contributed by atoms with Crippen molar-refractivity contribution in [2.24, 2.45) is 0 Å². The average Bonchev–Trinajstić information content (AvgIpc) is 2.82. The number of halogens is 2. The van der Waals surface area contributed by atoms with Crippen LogP contribution in [0.4, 0.5) is 0 Å². The third-order valence-electron chi connectivity index (χ3n) is 2.92. The van der Waals surface area contributed by atoms with Gasteiger partial charge in [0, 0.05) is 18.6 Å². The molecule has 0 saturated heterocycles. The zero-order valence-electron chi connectivity index (χ0n) is 11.1. The van der Waals surface area contributed by atoms with Gasteiger partial charge in [-0.1, -0.05) is 29.3 Å². The number of hydrogen-bond acceptors (Lipinski definition) is 3. The van der Waals surface area contributed by atoms with Crippen LogP contribution in [-0.4, -0.2) is 18.6 Å². The van der Waals surface area contributed by atoms with Gasteiger partial charge in [-0.05, 0) is 24.6 Å². The molecule has 3 aromatic rings. The van der Waals surface area contributed by atoms with Crippen molar-refractivity contribution < 1.29 is 4.21 Å². The van der Waals surface area contributed by atoms with E-state index in [0.29, 0.717) is 26.4 Å². The van der Waals surface area contributed by atoms with Crippen molar-refractivity contribution >= 4 is 39.6 Å². The molecule has 0 aliphatic heterocycles. The van der Waals surface area contributed by atoms with Crippen LogP contribution >= 0.6 is 23.2 Å². The molecular formula is C14H11Cl2N3OS. The molecule has 0 radical (unpaired) electrons. The summed E-state index contributed by atoms with van der Waals surface area (Å²) in [7, 11) is -1.24. The van der Waals surface area contributed by atoms with Gasteiger partial charge in [-0.2, -0.15) is 0 Å². The van der Waals surface area contributed by atoms with E-state index in [0.717, 1.165) is 5.56 Å². The molecule has 0 saturated carbocycles. The molecule has 0 aliphatic rings. The number of hydrogen-bond donors (Lipinski definition) is 0. The fourth-order valence-corrected chi connectivity index (χ4v) is 3.42. The van der Waals surface area contributed by atoms with Crippen LogP contribution in [0.5, 0.6) is 0 Å². The second-order valence-electron chi connectivity index (χ2n) is 4.63. The van der Waals surface area contributed by atoms with E-state index < -0.39 is 10.8 Å². The number of imidazole rings is 1. The highest BCUT2D eigenvalue weighted by Crippen LogP contribution is 2.22. The molecular weight excluding hydrogens is 329 g/mol. The molecule has 1 unspecified atom stereocenters. The van der Waals surface area contributed by atoms with Gasteiger partial charge < -0.3 is 4.40 Å². The van der Waals surface area contributed by atoms with Crippen LogP contribution < -0.4 is 0 Å². The molecule has 7 heteroatoms. The van der Waals surface area contributed by atoms with Gasteiger partial charge in [-0.3, -0.25) is 4.21 Å². The predicted octanol–water partition coefficient (Wildman–Crippen LogP) is 3.65. The van der Waals surface area contributed by atoms with E-state index in [1.165, 1.54) is 0 Å². The van der Waals surface area contributed by atoms with Crippen LogP contribution in [0.2, 0.25) is 10.0 Å². The maximum absolute atomic E-state index is 12.3. The van der Waals surface area contributed by atoms with Crippen molar-refractivity contribution in [1.82, 2.24) is 14.4 Å². The monoisotopic (exact) mass is 339 g/mol. The van der Waals surface area contributed by atoms with Crippen LogP contribution in [0, 0.1) is 6.92 Å². The van der Waals surface area contributed by atoms with Gasteiger partial charge in [0.25, 0.3) is 0 Å². The Kier molecular flexibility index (Phi) is 3.97. The maximum Gasteiger partial charge on any atom is 0.155 e. The normalized spacial score (nSPS) is 12.7. The molecule has 21 heavy (non-hydrogen) atoms. The zero-order chi connectivity index (χ0) is 15.0. The van der Waals surface area contributed by atoms with Crippen molar-refractivity contribution in [1.29, 1.82) is 0 Å². The first-order valence-electron chi connectivity index (χ1n) is 6.16. The van der Waals surface area contributed by atoms with Crippen molar-refractivity contribution in [3.8, 4) is 0 Å². The van der Waals surface area contributed by atoms with Gasteiger partial charge in [0.1, 0.15) is 5.03 Å². The lowest BCUT2D eigenvalue weighted by Crippen LogP contribution is -1.99. The van der Waals surface area contributed by atoms with Crippen LogP contribution in [0.1, 0.15) is 11.3 Å². The summed E-state index contributed by atoms with van der Waals surface area (Å²) in [6, 6.07) is 5.29. The summed E-state index contributed by atoms with van der Waals surface area (Å²) in [4.78, 5) is 8.57. The van der Waals surface area contributed by atoms with Crippen LogP contribution in [0.15, 0.2) is 41.8 Å². The second kappa shape index (κ2) is 5.75. The molecule has 0 amide bonds. The number of aryl methyl sites for hydroxylation is 1. The number of pyridine rings is 2. The highest BCUT2D eigenvalue weighted by Gasteiger charge is 2.11. The van der Waals surface area contributed by atoms with E-state index in [-0.39, 0.29) is 5.75 Å². The summed E-state index contributed by atoms with van der Waals surface area (Å²) in [5, 5.41) is 1.53. The number of nitrogens with zero attached hydrogens (tertiary/aromatic N) is 3. The molecule has 1 atom stereocenters. The van der Waals surface area contributed by atoms with E-state index in [4.69, 9.17) is 23.2 Å². The van der Waals surface area contributed by atoms with Gasteiger partial charge >= 0.3 is 0 Å². The second-order valence-corrected chi connectivity index (χ2v) is 6.87. The minimum absolute atomic E-state index is 0.283. The number of fused-ring (bicyclic) bond motifs is 1. The molecule has 3 aromatic heterocycles. The smallest absolute Gasteiger partial charge is 0.155 e. The van der Waals surface area contributed by atoms with Crippen molar-refractivity contribution in [3.63, 3.8) is 0 Å². The van der Waals surface area contributed by atoms with Crippen molar-refractivity contribution in [2.75, 3.05) is 0 Å². The number of aromatic nitrogens is 3. The van der Waals surface area contributed by atoms with E-state index in [9.17, 15) is 4.21 Å². The molecule has 0 bridgehead atoms. The summed E-state index contributed by atoms with van der Waals surface area (Å²) in [5.74, 6) is 0.283. The maximum atomic E-state index is 12.3. The van der Waals surface area contributed by atoms with E-state index in [2.05, 4.69) is 9.97 Å². The Morgan fingerprint density at radius 3 is 2.81 bits per heavy atom. The molecule has 0 aliphatic carbocycles. The van der Waals surface area contributed by atoms with Gasteiger partial charge in [0.2, 0.25) is 0 Å². The minimum atomic E-state index is -1.24. The molecule has 108 valence electrons. The summed E-state index contributed by atoms with van der Waals surface area (Å²) >= 11 is 12.0. The summed E-state index contributed by atoms with van der Waals surface area (Å²) < 4.78 is 14.0. The molecule has 3 heterocycles. The fourth-order valence-electron chi connectivity index (χ4n) is 1.94. The SMILES string of the molecule is Cc1ccc(S(=O)Cc2cn3cc(Cl)cc(Cl)c3n2)nc1. The van der Waals surface area contributed by atoms with Gasteiger partial charge in [-0.25, -0.2) is 9.97 Å². The Balaban J connectivity index is 1.89. The lowest BCUT2D eigenvalue weighted by molar-refractivity contribution is 0.679. The van der Waals surface area contributed by atoms with E-state index in [1.807, 2.05) is 13.0 Å². The Hall–Kier alpha value is -1.43. The highest BCUT2D eigenvalue weighted by atomic mass is 35.5. The molecule has 4 nitrogen and oxygen atoms in total. The third kappa shape index (κ3) is 3.10. The topological polar surface area (TPSA) is 47.3 Å². The van der Waals surface area contributed by atoms with Gasteiger partial charge in [-0.15, -0.1) is 0 Å². The Labute approximate surface area is 134 Å². The number of rotatable bonds is 3. The molecule has 0 aromatic carbocycles. The fraction of sp³-hybridized carbons (Fsp3) is 0.143. The molecule has 0 N–H and O–H groups in total.